The van der Waals surface area contributed by atoms with Crippen molar-refractivity contribution >= 4 is 0 Å². The molecule has 0 spiro atoms. The molecule has 0 aliphatic heterocycles. The van der Waals surface area contributed by atoms with Gasteiger partial charge in [-0.3, -0.25) is 4.98 Å². The zero-order valence-electron chi connectivity index (χ0n) is 10.5. The van der Waals surface area contributed by atoms with Crippen molar-refractivity contribution in [1.82, 2.24) is 10.3 Å². The highest BCUT2D eigenvalue weighted by molar-refractivity contribution is 5.25. The van der Waals surface area contributed by atoms with Crippen LogP contribution < -0.4 is 10.1 Å². The van der Waals surface area contributed by atoms with E-state index in [1.807, 2.05) is 6.20 Å². The van der Waals surface area contributed by atoms with E-state index in [0.717, 1.165) is 25.3 Å². The van der Waals surface area contributed by atoms with Gasteiger partial charge in [-0.15, -0.1) is 0 Å². The van der Waals surface area contributed by atoms with E-state index in [0.29, 0.717) is 5.92 Å². The Hall–Kier alpha value is -1.09. The van der Waals surface area contributed by atoms with Crippen molar-refractivity contribution in [3.8, 4) is 5.75 Å². The fourth-order valence-electron chi connectivity index (χ4n) is 1.60. The summed E-state index contributed by atoms with van der Waals surface area (Å²) >= 11 is 0. The summed E-state index contributed by atoms with van der Waals surface area (Å²) in [7, 11) is 1.67. The van der Waals surface area contributed by atoms with Gasteiger partial charge in [0.05, 0.1) is 13.3 Å². The minimum Gasteiger partial charge on any atom is -0.495 e. The normalized spacial score (nSPS) is 12.4. The predicted octanol–water partition coefficient (Wildman–Crippen LogP) is 2.58. The lowest BCUT2D eigenvalue weighted by Crippen LogP contribution is -2.17. The first-order valence-electron chi connectivity index (χ1n) is 5.97. The van der Waals surface area contributed by atoms with Crippen LogP contribution in [0.4, 0.5) is 0 Å². The second-order valence-electron chi connectivity index (χ2n) is 4.10. The first-order chi connectivity index (χ1) is 7.77. The van der Waals surface area contributed by atoms with Crippen LogP contribution >= 0.6 is 0 Å². The average molecular weight is 222 g/mol. The van der Waals surface area contributed by atoms with Crippen molar-refractivity contribution in [3.63, 3.8) is 0 Å². The minimum atomic E-state index is 0.520. The second kappa shape index (κ2) is 7.23. The number of hydrogen-bond acceptors (Lipinski definition) is 3. The number of aromatic nitrogens is 1. The third-order valence-electron chi connectivity index (χ3n) is 2.72. The Morgan fingerprint density at radius 1 is 1.38 bits per heavy atom. The molecule has 0 fully saturated rings. The molecule has 0 aromatic carbocycles. The first-order valence-corrected chi connectivity index (χ1v) is 5.97. The lowest BCUT2D eigenvalue weighted by atomic mass is 9.99. The monoisotopic (exact) mass is 222 g/mol. The summed E-state index contributed by atoms with van der Waals surface area (Å²) in [5.74, 6) is 1.36. The molecule has 1 aromatic heterocycles. The number of ether oxygens (including phenoxy) is 1. The van der Waals surface area contributed by atoms with Gasteiger partial charge in [-0.05, 0) is 43.5 Å². The molecule has 1 N–H and O–H groups in total. The van der Waals surface area contributed by atoms with Crippen molar-refractivity contribution in [2.45, 2.75) is 32.6 Å². The van der Waals surface area contributed by atoms with Gasteiger partial charge < -0.3 is 10.1 Å². The van der Waals surface area contributed by atoms with E-state index in [4.69, 9.17) is 4.74 Å². The highest BCUT2D eigenvalue weighted by atomic mass is 16.5. The lowest BCUT2D eigenvalue weighted by molar-refractivity contribution is 0.411. The highest BCUT2D eigenvalue weighted by Gasteiger charge is 2.06. The van der Waals surface area contributed by atoms with E-state index in [1.54, 1.807) is 13.3 Å². The smallest absolute Gasteiger partial charge is 0.137 e. The first kappa shape index (κ1) is 13.0. The molecule has 3 heteroatoms. The van der Waals surface area contributed by atoms with E-state index < -0.39 is 0 Å². The molecule has 3 nitrogen and oxygen atoms in total. The summed E-state index contributed by atoms with van der Waals surface area (Å²) in [5, 5.41) is 3.41. The van der Waals surface area contributed by atoms with Crippen LogP contribution in [0, 0.1) is 0 Å². The van der Waals surface area contributed by atoms with Crippen molar-refractivity contribution < 1.29 is 4.74 Å². The fraction of sp³-hybridized carbons (Fsp3) is 0.615. The molecular formula is C13H22N2O. The molecule has 0 aliphatic rings. The Morgan fingerprint density at radius 2 is 2.19 bits per heavy atom. The number of hydrogen-bond donors (Lipinski definition) is 1. The number of methoxy groups -OCH3 is 1. The third-order valence-corrected chi connectivity index (χ3v) is 2.72. The SMILES string of the molecule is CCCNCCC(C)c1cncc(OC)c1. The van der Waals surface area contributed by atoms with Gasteiger partial charge in [0.2, 0.25) is 0 Å². The molecule has 1 rings (SSSR count). The van der Waals surface area contributed by atoms with Crippen molar-refractivity contribution in [1.29, 1.82) is 0 Å². The zero-order chi connectivity index (χ0) is 11.8. The standard InChI is InChI=1S/C13H22N2O/c1-4-6-14-7-5-11(2)12-8-13(16-3)10-15-9-12/h8-11,14H,4-7H2,1-3H3. The summed E-state index contributed by atoms with van der Waals surface area (Å²) in [4.78, 5) is 4.18. The molecule has 90 valence electrons. The number of pyridine rings is 1. The van der Waals surface area contributed by atoms with Crippen LogP contribution in [0.15, 0.2) is 18.5 Å². The van der Waals surface area contributed by atoms with E-state index in [2.05, 4.69) is 30.2 Å². The van der Waals surface area contributed by atoms with Crippen LogP contribution in [0.25, 0.3) is 0 Å². The van der Waals surface area contributed by atoms with Crippen LogP contribution in [-0.4, -0.2) is 25.2 Å². The molecule has 0 aliphatic carbocycles. The molecular weight excluding hydrogens is 200 g/mol. The number of nitrogens with one attached hydrogen (secondary N) is 1. The van der Waals surface area contributed by atoms with Gasteiger partial charge in [0.15, 0.2) is 0 Å². The van der Waals surface area contributed by atoms with Crippen molar-refractivity contribution in [3.05, 3.63) is 24.0 Å². The Kier molecular flexibility index (Phi) is 5.86. The van der Waals surface area contributed by atoms with Gasteiger partial charge >= 0.3 is 0 Å². The molecule has 0 bridgehead atoms. The van der Waals surface area contributed by atoms with E-state index in [-0.39, 0.29) is 0 Å². The summed E-state index contributed by atoms with van der Waals surface area (Å²) in [5.41, 5.74) is 1.25. The molecule has 1 aromatic rings. The molecule has 1 atom stereocenters. The zero-order valence-corrected chi connectivity index (χ0v) is 10.5. The van der Waals surface area contributed by atoms with E-state index in [9.17, 15) is 0 Å². The minimum absolute atomic E-state index is 0.520. The molecule has 1 unspecified atom stereocenters. The van der Waals surface area contributed by atoms with Crippen LogP contribution in [0.1, 0.15) is 38.2 Å². The van der Waals surface area contributed by atoms with Crippen LogP contribution in [0.2, 0.25) is 0 Å². The fourth-order valence-corrected chi connectivity index (χ4v) is 1.60. The Morgan fingerprint density at radius 3 is 2.88 bits per heavy atom. The topological polar surface area (TPSA) is 34.2 Å². The van der Waals surface area contributed by atoms with Crippen LogP contribution in [0.5, 0.6) is 5.75 Å². The summed E-state index contributed by atoms with van der Waals surface area (Å²) in [6.45, 7) is 6.57. The molecule has 0 saturated carbocycles. The largest absolute Gasteiger partial charge is 0.495 e. The Balaban J connectivity index is 2.42. The molecule has 1 heterocycles. The summed E-state index contributed by atoms with van der Waals surface area (Å²) < 4.78 is 5.17. The molecule has 0 radical (unpaired) electrons. The lowest BCUT2D eigenvalue weighted by Gasteiger charge is -2.12. The Labute approximate surface area is 98.2 Å². The van der Waals surface area contributed by atoms with E-state index in [1.165, 1.54) is 12.0 Å². The van der Waals surface area contributed by atoms with Gasteiger partial charge in [-0.25, -0.2) is 0 Å². The quantitative estimate of drug-likeness (QED) is 0.720. The highest BCUT2D eigenvalue weighted by Crippen LogP contribution is 2.21. The maximum atomic E-state index is 5.17. The van der Waals surface area contributed by atoms with Gasteiger partial charge in [-0.1, -0.05) is 13.8 Å². The number of nitrogens with zero attached hydrogens (tertiary/aromatic N) is 1. The predicted molar refractivity (Wildman–Crippen MR) is 67.0 cm³/mol. The average Bonchev–Trinajstić information content (AvgIpc) is 2.34. The van der Waals surface area contributed by atoms with Gasteiger partial charge in [0.1, 0.15) is 5.75 Å². The third kappa shape index (κ3) is 4.19. The van der Waals surface area contributed by atoms with Gasteiger partial charge in [0.25, 0.3) is 0 Å². The Bertz CT molecular complexity index is 302. The van der Waals surface area contributed by atoms with Crippen LogP contribution in [-0.2, 0) is 0 Å². The summed E-state index contributed by atoms with van der Waals surface area (Å²) in [6.07, 6.45) is 5.99. The number of rotatable bonds is 7. The van der Waals surface area contributed by atoms with E-state index >= 15 is 0 Å². The van der Waals surface area contributed by atoms with Crippen LogP contribution in [0.3, 0.4) is 0 Å². The molecule has 0 amide bonds. The van der Waals surface area contributed by atoms with Gasteiger partial charge in [0, 0.05) is 6.20 Å². The maximum Gasteiger partial charge on any atom is 0.137 e. The van der Waals surface area contributed by atoms with Crippen molar-refractivity contribution in [2.24, 2.45) is 0 Å². The van der Waals surface area contributed by atoms with Gasteiger partial charge in [-0.2, -0.15) is 0 Å². The maximum absolute atomic E-state index is 5.17. The molecule has 16 heavy (non-hydrogen) atoms. The summed E-state index contributed by atoms with van der Waals surface area (Å²) in [6, 6.07) is 2.07. The second-order valence-corrected chi connectivity index (χ2v) is 4.10. The molecule has 0 saturated heterocycles. The van der Waals surface area contributed by atoms with Crippen molar-refractivity contribution in [2.75, 3.05) is 20.2 Å².